The summed E-state index contributed by atoms with van der Waals surface area (Å²) < 4.78 is 12.5. The van der Waals surface area contributed by atoms with Crippen molar-refractivity contribution in [2.24, 2.45) is 5.73 Å². The van der Waals surface area contributed by atoms with Crippen LogP contribution in [0.4, 0.5) is 0 Å². The van der Waals surface area contributed by atoms with Crippen LogP contribution in [0.15, 0.2) is 67.0 Å². The van der Waals surface area contributed by atoms with Gasteiger partial charge < -0.3 is 30.3 Å². The molecule has 2 atom stereocenters. The van der Waals surface area contributed by atoms with Crippen LogP contribution in [0.25, 0.3) is 11.1 Å². The molecule has 1 fully saturated rings. The van der Waals surface area contributed by atoms with Gasteiger partial charge in [-0.1, -0.05) is 48.0 Å². The molecule has 5 rings (SSSR count). The zero-order valence-corrected chi connectivity index (χ0v) is 30.0. The number of rotatable bonds is 17. The van der Waals surface area contributed by atoms with E-state index in [1.165, 1.54) is 22.9 Å². The van der Waals surface area contributed by atoms with E-state index in [9.17, 15) is 20.3 Å². The monoisotopic (exact) mass is 711 g/mol. The van der Waals surface area contributed by atoms with Crippen LogP contribution in [-0.2, 0) is 31.0 Å². The van der Waals surface area contributed by atoms with Crippen LogP contribution in [-0.4, -0.2) is 64.4 Å². The second kappa shape index (κ2) is 18.1. The summed E-state index contributed by atoms with van der Waals surface area (Å²) in [7, 11) is 0. The Morgan fingerprint density at radius 3 is 2.45 bits per heavy atom. The van der Waals surface area contributed by atoms with Crippen LogP contribution in [0.2, 0.25) is 5.02 Å². The Bertz CT molecular complexity index is 1860. The van der Waals surface area contributed by atoms with E-state index < -0.39 is 12.0 Å². The predicted molar refractivity (Wildman–Crippen MR) is 198 cm³/mol. The van der Waals surface area contributed by atoms with Gasteiger partial charge in [0, 0.05) is 55.8 Å². The Balaban J connectivity index is 1.31. The zero-order chi connectivity index (χ0) is 36.3. The van der Waals surface area contributed by atoms with E-state index >= 15 is 0 Å². The Morgan fingerprint density at radius 1 is 1.04 bits per heavy atom. The molecule has 4 aromatic rings. The van der Waals surface area contributed by atoms with Gasteiger partial charge in [-0.2, -0.15) is 5.26 Å². The number of hydrogen-bond donors (Lipinski definition) is 4. The van der Waals surface area contributed by atoms with Crippen LogP contribution < -0.4 is 20.5 Å². The maximum atomic E-state index is 11.6. The average molecular weight is 712 g/mol. The number of likely N-dealkylation sites (tertiary alicyclic amines) is 1. The third kappa shape index (κ3) is 10.1. The lowest BCUT2D eigenvalue weighted by Crippen LogP contribution is -2.42. The summed E-state index contributed by atoms with van der Waals surface area (Å²) in [6.45, 7) is 7.56. The molecule has 0 aliphatic carbocycles. The summed E-state index contributed by atoms with van der Waals surface area (Å²) in [6, 6.07) is 19.0. The minimum absolute atomic E-state index is 0.0827. The maximum absolute atomic E-state index is 11.6. The van der Waals surface area contributed by atoms with Crippen molar-refractivity contribution >= 4 is 17.6 Å². The molecule has 5 N–H and O–H groups in total. The third-order valence-corrected chi connectivity index (χ3v) is 9.78. The standard InChI is InChI=1S/C40H46ClN5O5/c1-26-30(7-3-4-13-46-14-12-33(47)23-46)8-5-10-34(26)35-11-6-9-31(27(35)2)25-51-39-17-38(50-24-29-15-28(18-42)20-44-21-29)32(16-36(39)41)22-45-37(19-43)40(48)49/h5-6,8-11,15-17,20-21,33,37,45,47H,3-4,7,12-14,19,22-25,43H2,1-2H3,(H,48,49)/t33-,37?/m1/s1. The van der Waals surface area contributed by atoms with Crippen LogP contribution in [0, 0.1) is 25.2 Å². The topological polar surface area (TPSA) is 154 Å². The fraction of sp³-hybridized carbons (Fsp3) is 0.375. The number of halogens is 1. The van der Waals surface area contributed by atoms with Gasteiger partial charge in [-0.25, -0.2) is 0 Å². The number of nitrogens with two attached hydrogens (primary N) is 1. The molecule has 1 unspecified atom stereocenters. The molecule has 11 heteroatoms. The van der Waals surface area contributed by atoms with Gasteiger partial charge >= 0.3 is 5.97 Å². The van der Waals surface area contributed by atoms with Gasteiger partial charge in [0.15, 0.2) is 0 Å². The number of aliphatic hydroxyl groups excluding tert-OH is 1. The number of aliphatic hydroxyl groups is 1. The number of benzene rings is 3. The molecule has 0 saturated carbocycles. The zero-order valence-electron chi connectivity index (χ0n) is 29.2. The molecule has 0 spiro atoms. The molecule has 1 aromatic heterocycles. The number of β-amino-alcohol motifs (C(OH)–C–C–N with tert-alkyl or cyclic N) is 1. The number of nitriles is 1. The minimum atomic E-state index is -1.06. The van der Waals surface area contributed by atoms with E-state index in [0.717, 1.165) is 62.0 Å². The van der Waals surface area contributed by atoms with Crippen molar-refractivity contribution in [3.8, 4) is 28.7 Å². The predicted octanol–water partition coefficient (Wildman–Crippen LogP) is 5.94. The second-order valence-electron chi connectivity index (χ2n) is 13.0. The molecule has 3 aromatic carbocycles. The number of nitrogens with one attached hydrogen (secondary N) is 1. The molecule has 1 saturated heterocycles. The van der Waals surface area contributed by atoms with Crippen LogP contribution in [0.3, 0.4) is 0 Å². The van der Waals surface area contributed by atoms with E-state index in [2.05, 4.69) is 59.4 Å². The first-order chi connectivity index (χ1) is 24.7. The van der Waals surface area contributed by atoms with Crippen LogP contribution >= 0.6 is 11.6 Å². The van der Waals surface area contributed by atoms with Crippen molar-refractivity contribution in [3.05, 3.63) is 111 Å². The minimum Gasteiger partial charge on any atom is -0.488 e. The molecule has 1 aliphatic rings. The first kappa shape index (κ1) is 37.7. The van der Waals surface area contributed by atoms with E-state index in [1.54, 1.807) is 24.4 Å². The number of carboxylic acids is 1. The lowest BCUT2D eigenvalue weighted by atomic mass is 9.90. The molecule has 1 aliphatic heterocycles. The average Bonchev–Trinajstić information content (AvgIpc) is 3.55. The molecular weight excluding hydrogens is 666 g/mol. The summed E-state index contributed by atoms with van der Waals surface area (Å²) in [4.78, 5) is 18.0. The lowest BCUT2D eigenvalue weighted by molar-refractivity contribution is -0.139. The Labute approximate surface area is 304 Å². The normalized spacial score (nSPS) is 15.0. The number of hydrogen-bond acceptors (Lipinski definition) is 9. The Kier molecular flexibility index (Phi) is 13.4. The fourth-order valence-corrected chi connectivity index (χ4v) is 6.69. The first-order valence-electron chi connectivity index (χ1n) is 17.3. The van der Waals surface area contributed by atoms with Crippen molar-refractivity contribution in [2.45, 2.75) is 71.4 Å². The Hall–Kier alpha value is -4.50. The molecule has 51 heavy (non-hydrogen) atoms. The van der Waals surface area contributed by atoms with E-state index in [1.807, 2.05) is 12.1 Å². The highest BCUT2D eigenvalue weighted by Crippen LogP contribution is 2.36. The van der Waals surface area contributed by atoms with E-state index in [-0.39, 0.29) is 32.4 Å². The van der Waals surface area contributed by atoms with E-state index in [4.69, 9.17) is 26.8 Å². The number of ether oxygens (including phenoxy) is 2. The van der Waals surface area contributed by atoms with Crippen molar-refractivity contribution < 1.29 is 24.5 Å². The van der Waals surface area contributed by atoms with Gasteiger partial charge in [0.2, 0.25) is 0 Å². The number of aliphatic carboxylic acids is 1. The van der Waals surface area contributed by atoms with Gasteiger partial charge in [0.25, 0.3) is 0 Å². The highest BCUT2D eigenvalue weighted by molar-refractivity contribution is 6.32. The van der Waals surface area contributed by atoms with Crippen molar-refractivity contribution in [1.29, 1.82) is 5.26 Å². The summed E-state index contributed by atoms with van der Waals surface area (Å²) in [5.41, 5.74) is 14.5. The highest BCUT2D eigenvalue weighted by Gasteiger charge is 2.20. The summed E-state index contributed by atoms with van der Waals surface area (Å²) in [5.74, 6) is -0.194. The van der Waals surface area contributed by atoms with Gasteiger partial charge in [0.1, 0.15) is 36.8 Å². The van der Waals surface area contributed by atoms with Gasteiger partial charge in [-0.05, 0) is 91.6 Å². The highest BCUT2D eigenvalue weighted by atomic mass is 35.5. The third-order valence-electron chi connectivity index (χ3n) is 9.49. The number of pyridine rings is 1. The molecule has 0 bridgehead atoms. The number of aromatic nitrogens is 1. The van der Waals surface area contributed by atoms with Gasteiger partial charge in [-0.15, -0.1) is 0 Å². The molecule has 2 heterocycles. The van der Waals surface area contributed by atoms with Crippen LogP contribution in [0.5, 0.6) is 11.5 Å². The molecule has 0 amide bonds. The van der Waals surface area contributed by atoms with Crippen LogP contribution in [0.1, 0.15) is 58.2 Å². The number of nitrogens with zero attached hydrogens (tertiary/aromatic N) is 3. The van der Waals surface area contributed by atoms with Crippen molar-refractivity contribution in [3.63, 3.8) is 0 Å². The van der Waals surface area contributed by atoms with Gasteiger partial charge in [-0.3, -0.25) is 15.1 Å². The largest absolute Gasteiger partial charge is 0.488 e. The number of carboxylic acid groups (broad SMARTS) is 1. The number of aryl methyl sites for hydroxylation is 1. The fourth-order valence-electron chi connectivity index (χ4n) is 6.45. The number of unbranched alkanes of at least 4 members (excludes halogenated alkanes) is 1. The summed E-state index contributed by atoms with van der Waals surface area (Å²) in [6.07, 6.45) is 7.02. The SMILES string of the molecule is Cc1c(CCCCN2CC[C@@H](O)C2)cccc1-c1cccc(COc2cc(OCc3cncc(C#N)c3)c(CNC(CN)C(=O)O)cc2Cl)c1C. The van der Waals surface area contributed by atoms with Crippen molar-refractivity contribution in [1.82, 2.24) is 15.2 Å². The summed E-state index contributed by atoms with van der Waals surface area (Å²) in [5, 5.41) is 31.8. The second-order valence-corrected chi connectivity index (χ2v) is 13.5. The number of carbonyl (C=O) groups is 1. The smallest absolute Gasteiger partial charge is 0.322 e. The Morgan fingerprint density at radius 2 is 1.76 bits per heavy atom. The molecule has 268 valence electrons. The molecule has 0 radical (unpaired) electrons. The lowest BCUT2D eigenvalue weighted by Gasteiger charge is -2.19. The first-order valence-corrected chi connectivity index (χ1v) is 17.7. The molecular formula is C40H46ClN5O5. The van der Waals surface area contributed by atoms with Gasteiger partial charge in [0.05, 0.1) is 16.7 Å². The quantitative estimate of drug-likeness (QED) is 0.0968. The van der Waals surface area contributed by atoms with E-state index in [0.29, 0.717) is 33.2 Å². The van der Waals surface area contributed by atoms with Crippen molar-refractivity contribution in [2.75, 3.05) is 26.2 Å². The maximum Gasteiger partial charge on any atom is 0.322 e. The molecule has 10 nitrogen and oxygen atoms in total. The summed E-state index contributed by atoms with van der Waals surface area (Å²) >= 11 is 6.73.